The SMILES string of the molecule is COC(=O)CC(c1ccncc1)C(C(=O)N(C(C)C)C(C)C)c1cccnc1. The summed E-state index contributed by atoms with van der Waals surface area (Å²) in [7, 11) is 1.36. The highest BCUT2D eigenvalue weighted by Gasteiger charge is 2.37. The molecule has 0 aliphatic rings. The van der Waals surface area contributed by atoms with E-state index in [9.17, 15) is 9.59 Å². The fourth-order valence-corrected chi connectivity index (χ4v) is 3.67. The molecule has 2 atom stereocenters. The zero-order chi connectivity index (χ0) is 20.7. The zero-order valence-electron chi connectivity index (χ0n) is 17.2. The molecule has 0 N–H and O–H groups in total. The topological polar surface area (TPSA) is 72.4 Å². The number of carbonyl (C=O) groups excluding carboxylic acids is 2. The van der Waals surface area contributed by atoms with Crippen molar-refractivity contribution >= 4 is 11.9 Å². The van der Waals surface area contributed by atoms with Crippen LogP contribution in [0.4, 0.5) is 0 Å². The van der Waals surface area contributed by atoms with E-state index < -0.39 is 5.92 Å². The molecule has 1 amide bonds. The van der Waals surface area contributed by atoms with Crippen LogP contribution in [0.3, 0.4) is 0 Å². The van der Waals surface area contributed by atoms with E-state index in [0.29, 0.717) is 0 Å². The van der Waals surface area contributed by atoms with Gasteiger partial charge >= 0.3 is 5.97 Å². The van der Waals surface area contributed by atoms with Crippen molar-refractivity contribution in [3.63, 3.8) is 0 Å². The third-order valence-corrected chi connectivity index (χ3v) is 4.83. The van der Waals surface area contributed by atoms with Gasteiger partial charge in [-0.1, -0.05) is 6.07 Å². The van der Waals surface area contributed by atoms with E-state index in [1.54, 1.807) is 24.8 Å². The Morgan fingerprint density at radius 3 is 2.11 bits per heavy atom. The molecule has 2 unspecified atom stereocenters. The fraction of sp³-hybridized carbons (Fsp3) is 0.455. The summed E-state index contributed by atoms with van der Waals surface area (Å²) >= 11 is 0. The van der Waals surface area contributed by atoms with Crippen LogP contribution in [0.15, 0.2) is 49.1 Å². The van der Waals surface area contributed by atoms with Gasteiger partial charge < -0.3 is 9.64 Å². The van der Waals surface area contributed by atoms with E-state index >= 15 is 0 Å². The van der Waals surface area contributed by atoms with E-state index in [1.807, 2.05) is 56.9 Å². The summed E-state index contributed by atoms with van der Waals surface area (Å²) in [6, 6.07) is 7.45. The number of hydrogen-bond donors (Lipinski definition) is 0. The Balaban J connectivity index is 2.59. The van der Waals surface area contributed by atoms with E-state index in [4.69, 9.17) is 4.74 Å². The molecule has 0 saturated carbocycles. The van der Waals surface area contributed by atoms with Crippen molar-refractivity contribution < 1.29 is 14.3 Å². The standard InChI is InChI=1S/C22H29N3O3/c1-15(2)25(16(3)4)22(27)21(18-7-6-10-24-14-18)19(13-20(26)28-5)17-8-11-23-12-9-17/h6-12,14-16,19,21H,13H2,1-5H3. The van der Waals surface area contributed by atoms with Gasteiger partial charge in [-0.05, 0) is 57.0 Å². The van der Waals surface area contributed by atoms with Crippen molar-refractivity contribution in [2.24, 2.45) is 0 Å². The number of pyridine rings is 2. The average molecular weight is 383 g/mol. The minimum absolute atomic E-state index is 0.0243. The minimum atomic E-state index is -0.556. The van der Waals surface area contributed by atoms with Crippen molar-refractivity contribution in [1.82, 2.24) is 14.9 Å². The van der Waals surface area contributed by atoms with Gasteiger partial charge in [0.15, 0.2) is 0 Å². The molecule has 0 fully saturated rings. The maximum absolute atomic E-state index is 13.7. The molecule has 6 nitrogen and oxygen atoms in total. The number of carbonyl (C=O) groups is 2. The average Bonchev–Trinajstić information content (AvgIpc) is 2.68. The van der Waals surface area contributed by atoms with Crippen molar-refractivity contribution in [2.45, 2.75) is 58.0 Å². The van der Waals surface area contributed by atoms with Crippen molar-refractivity contribution in [3.8, 4) is 0 Å². The summed E-state index contributed by atoms with van der Waals surface area (Å²) in [4.78, 5) is 36.1. The van der Waals surface area contributed by atoms with Crippen LogP contribution >= 0.6 is 0 Å². The van der Waals surface area contributed by atoms with Crippen LogP contribution < -0.4 is 0 Å². The van der Waals surface area contributed by atoms with Gasteiger partial charge in [-0.15, -0.1) is 0 Å². The van der Waals surface area contributed by atoms with Gasteiger partial charge in [0.25, 0.3) is 0 Å². The molecule has 2 aromatic rings. The second-order valence-corrected chi connectivity index (χ2v) is 7.36. The van der Waals surface area contributed by atoms with Gasteiger partial charge in [0.1, 0.15) is 0 Å². The maximum atomic E-state index is 13.7. The van der Waals surface area contributed by atoms with Gasteiger partial charge in [-0.2, -0.15) is 0 Å². The molecule has 6 heteroatoms. The second kappa shape index (κ2) is 9.97. The third-order valence-electron chi connectivity index (χ3n) is 4.83. The quantitative estimate of drug-likeness (QED) is 0.652. The van der Waals surface area contributed by atoms with Crippen LogP contribution in [-0.4, -0.2) is 45.9 Å². The Morgan fingerprint density at radius 1 is 0.964 bits per heavy atom. The molecule has 0 aromatic carbocycles. The van der Waals surface area contributed by atoms with Gasteiger partial charge in [-0.3, -0.25) is 19.6 Å². The molecule has 0 spiro atoms. The van der Waals surface area contributed by atoms with Gasteiger partial charge in [0.05, 0.1) is 19.4 Å². The summed E-state index contributed by atoms with van der Waals surface area (Å²) in [6.45, 7) is 8.00. The number of methoxy groups -OCH3 is 1. The van der Waals surface area contributed by atoms with Crippen LogP contribution in [-0.2, 0) is 14.3 Å². The first kappa shape index (κ1) is 21.5. The van der Waals surface area contributed by atoms with E-state index in [-0.39, 0.29) is 36.3 Å². The molecule has 2 aromatic heterocycles. The predicted octanol–water partition coefficient (Wildman–Crippen LogP) is 3.55. The molecule has 0 aliphatic heterocycles. The van der Waals surface area contributed by atoms with Gasteiger partial charge in [0.2, 0.25) is 5.91 Å². The van der Waals surface area contributed by atoms with Crippen LogP contribution in [0.1, 0.15) is 57.1 Å². The lowest BCUT2D eigenvalue weighted by Crippen LogP contribution is -2.46. The fourth-order valence-electron chi connectivity index (χ4n) is 3.67. The molecule has 28 heavy (non-hydrogen) atoms. The van der Waals surface area contributed by atoms with Gasteiger partial charge in [-0.25, -0.2) is 0 Å². The molecular formula is C22H29N3O3. The largest absolute Gasteiger partial charge is 0.469 e. The number of rotatable bonds is 8. The number of hydrogen-bond acceptors (Lipinski definition) is 5. The highest BCUT2D eigenvalue weighted by Crippen LogP contribution is 2.38. The predicted molar refractivity (Wildman–Crippen MR) is 108 cm³/mol. The monoisotopic (exact) mass is 383 g/mol. The summed E-state index contributed by atoms with van der Waals surface area (Å²) in [5.41, 5.74) is 1.65. The first-order chi connectivity index (χ1) is 13.4. The van der Waals surface area contributed by atoms with Crippen molar-refractivity contribution in [3.05, 3.63) is 60.2 Å². The highest BCUT2D eigenvalue weighted by molar-refractivity contribution is 5.86. The lowest BCUT2D eigenvalue weighted by atomic mass is 9.79. The Hall–Kier alpha value is -2.76. The Bertz CT molecular complexity index is 755. The smallest absolute Gasteiger partial charge is 0.306 e. The Labute approximate surface area is 167 Å². The molecule has 0 bridgehead atoms. The number of amides is 1. The van der Waals surface area contributed by atoms with E-state index in [2.05, 4.69) is 9.97 Å². The number of aromatic nitrogens is 2. The normalized spacial score (nSPS) is 13.2. The Kier molecular flexibility index (Phi) is 7.67. The highest BCUT2D eigenvalue weighted by atomic mass is 16.5. The molecule has 150 valence electrons. The Morgan fingerprint density at radius 2 is 1.61 bits per heavy atom. The first-order valence-corrected chi connectivity index (χ1v) is 9.55. The number of esters is 1. The molecule has 0 aliphatic carbocycles. The lowest BCUT2D eigenvalue weighted by molar-refractivity contribution is -0.142. The van der Waals surface area contributed by atoms with Crippen molar-refractivity contribution in [2.75, 3.05) is 7.11 Å². The molecule has 2 heterocycles. The van der Waals surface area contributed by atoms with E-state index in [1.165, 1.54) is 7.11 Å². The maximum Gasteiger partial charge on any atom is 0.306 e. The lowest BCUT2D eigenvalue weighted by Gasteiger charge is -2.37. The summed E-state index contributed by atoms with van der Waals surface area (Å²) in [5, 5.41) is 0. The van der Waals surface area contributed by atoms with Crippen LogP contribution in [0.25, 0.3) is 0 Å². The number of ether oxygens (including phenoxy) is 1. The van der Waals surface area contributed by atoms with Crippen LogP contribution in [0.5, 0.6) is 0 Å². The van der Waals surface area contributed by atoms with Crippen molar-refractivity contribution in [1.29, 1.82) is 0 Å². The number of nitrogens with zero attached hydrogens (tertiary/aromatic N) is 3. The molecule has 0 radical (unpaired) electrons. The summed E-state index contributed by atoms with van der Waals surface area (Å²) < 4.78 is 4.93. The molecular weight excluding hydrogens is 354 g/mol. The first-order valence-electron chi connectivity index (χ1n) is 9.55. The second-order valence-electron chi connectivity index (χ2n) is 7.36. The zero-order valence-corrected chi connectivity index (χ0v) is 17.2. The van der Waals surface area contributed by atoms with Crippen LogP contribution in [0, 0.1) is 0 Å². The van der Waals surface area contributed by atoms with E-state index in [0.717, 1.165) is 11.1 Å². The summed E-state index contributed by atoms with van der Waals surface area (Å²) in [5.74, 6) is -1.32. The third kappa shape index (κ3) is 5.15. The minimum Gasteiger partial charge on any atom is -0.469 e. The summed E-state index contributed by atoms with van der Waals surface area (Å²) in [6.07, 6.45) is 6.82. The van der Waals surface area contributed by atoms with Crippen LogP contribution in [0.2, 0.25) is 0 Å². The molecule has 0 saturated heterocycles. The van der Waals surface area contributed by atoms with Gasteiger partial charge in [0, 0.05) is 42.8 Å². The molecule has 2 rings (SSSR count).